The molecule has 0 amide bonds. The van der Waals surface area contributed by atoms with E-state index in [0.29, 0.717) is 6.04 Å². The Morgan fingerprint density at radius 1 is 1.45 bits per heavy atom. The Morgan fingerprint density at radius 2 is 2.27 bits per heavy atom. The fourth-order valence-corrected chi connectivity index (χ4v) is 3.46. The molecule has 22 heavy (non-hydrogen) atoms. The molecule has 1 aromatic heterocycles. The first-order valence-electron chi connectivity index (χ1n) is 7.02. The lowest BCUT2D eigenvalue weighted by molar-refractivity contribution is 0.149. The third kappa shape index (κ3) is 3.84. The van der Waals surface area contributed by atoms with Crippen molar-refractivity contribution in [3.8, 4) is 0 Å². The Hall–Kier alpha value is -0.590. The van der Waals surface area contributed by atoms with Gasteiger partial charge in [-0.15, -0.1) is 12.4 Å². The first kappa shape index (κ1) is 17.8. The summed E-state index contributed by atoms with van der Waals surface area (Å²) in [7, 11) is 1.98. The van der Waals surface area contributed by atoms with Gasteiger partial charge in [0.05, 0.1) is 16.4 Å². The van der Waals surface area contributed by atoms with Gasteiger partial charge in [0.2, 0.25) is 0 Å². The van der Waals surface area contributed by atoms with Crippen molar-refractivity contribution in [1.29, 1.82) is 0 Å². The molecule has 1 N–H and O–H groups in total. The second kappa shape index (κ2) is 7.79. The third-order valence-electron chi connectivity index (χ3n) is 3.95. The predicted octanol–water partition coefficient (Wildman–Crippen LogP) is 3.40. The number of aromatic nitrogens is 2. The molecular weight excluding hydrogens is 387 g/mol. The molecule has 1 fully saturated rings. The molecule has 1 aromatic carbocycles. The Balaban J connectivity index is 0.00000176. The standard InChI is InChI=1S/C15H18BrClN4.ClH/c1-20-15(13(16)8-19-20)10-21-6-5-18-9-14(21)11-3-2-4-12(17)7-11;/h2-4,7-8,14,18H,5-6,9-10H2,1H3;1H. The highest BCUT2D eigenvalue weighted by molar-refractivity contribution is 9.10. The number of nitrogens with one attached hydrogen (secondary N) is 1. The van der Waals surface area contributed by atoms with Gasteiger partial charge in [-0.1, -0.05) is 23.7 Å². The Kier molecular flexibility index (Phi) is 6.29. The molecule has 0 aliphatic carbocycles. The summed E-state index contributed by atoms with van der Waals surface area (Å²) in [5, 5.41) is 8.56. The maximum atomic E-state index is 6.14. The van der Waals surface area contributed by atoms with Crippen molar-refractivity contribution in [3.05, 3.63) is 51.2 Å². The van der Waals surface area contributed by atoms with E-state index in [1.165, 1.54) is 11.3 Å². The maximum absolute atomic E-state index is 6.14. The van der Waals surface area contributed by atoms with E-state index in [1.807, 2.05) is 30.1 Å². The van der Waals surface area contributed by atoms with Gasteiger partial charge < -0.3 is 5.32 Å². The van der Waals surface area contributed by atoms with E-state index in [2.05, 4.69) is 43.4 Å². The van der Waals surface area contributed by atoms with Gasteiger partial charge in [0.25, 0.3) is 0 Å². The summed E-state index contributed by atoms with van der Waals surface area (Å²) in [5.74, 6) is 0. The number of aryl methyl sites for hydroxylation is 1. The van der Waals surface area contributed by atoms with E-state index in [9.17, 15) is 0 Å². The second-order valence-electron chi connectivity index (χ2n) is 5.31. The molecular formula is C15H19BrCl2N4. The SMILES string of the molecule is Cl.Cn1ncc(Br)c1CN1CCNCC1c1cccc(Cl)c1. The summed E-state index contributed by atoms with van der Waals surface area (Å²) in [5.41, 5.74) is 2.46. The molecule has 2 aromatic rings. The highest BCUT2D eigenvalue weighted by atomic mass is 79.9. The molecule has 7 heteroatoms. The van der Waals surface area contributed by atoms with Crippen molar-refractivity contribution >= 4 is 39.9 Å². The molecule has 1 aliphatic heterocycles. The quantitative estimate of drug-likeness (QED) is 0.849. The summed E-state index contributed by atoms with van der Waals surface area (Å²) in [6.07, 6.45) is 1.85. The number of rotatable bonds is 3. The van der Waals surface area contributed by atoms with Crippen molar-refractivity contribution in [3.63, 3.8) is 0 Å². The van der Waals surface area contributed by atoms with Crippen LogP contribution in [0, 0.1) is 0 Å². The summed E-state index contributed by atoms with van der Waals surface area (Å²) < 4.78 is 3.00. The van der Waals surface area contributed by atoms with Crippen LogP contribution in [-0.4, -0.2) is 34.3 Å². The molecule has 2 heterocycles. The third-order valence-corrected chi connectivity index (χ3v) is 4.85. The van der Waals surface area contributed by atoms with Crippen LogP contribution in [0.1, 0.15) is 17.3 Å². The minimum atomic E-state index is 0. The number of halogens is 3. The highest BCUT2D eigenvalue weighted by Gasteiger charge is 2.25. The lowest BCUT2D eigenvalue weighted by atomic mass is 10.0. The Labute approximate surface area is 150 Å². The van der Waals surface area contributed by atoms with Crippen molar-refractivity contribution in [2.24, 2.45) is 7.05 Å². The average Bonchev–Trinajstić information content (AvgIpc) is 2.80. The second-order valence-corrected chi connectivity index (χ2v) is 6.60. The predicted molar refractivity (Wildman–Crippen MR) is 95.6 cm³/mol. The summed E-state index contributed by atoms with van der Waals surface area (Å²) in [6.45, 7) is 3.83. The molecule has 0 spiro atoms. The summed E-state index contributed by atoms with van der Waals surface area (Å²) in [4.78, 5) is 2.48. The zero-order valence-electron chi connectivity index (χ0n) is 12.3. The topological polar surface area (TPSA) is 33.1 Å². The largest absolute Gasteiger partial charge is 0.314 e. The molecule has 1 aliphatic rings. The molecule has 0 radical (unpaired) electrons. The lowest BCUT2D eigenvalue weighted by Crippen LogP contribution is -2.45. The summed E-state index contributed by atoms with van der Waals surface area (Å²) in [6, 6.07) is 8.48. The van der Waals surface area contributed by atoms with E-state index in [4.69, 9.17) is 11.6 Å². The van der Waals surface area contributed by atoms with Crippen LogP contribution >= 0.6 is 39.9 Å². The van der Waals surface area contributed by atoms with E-state index in [0.717, 1.165) is 35.7 Å². The summed E-state index contributed by atoms with van der Waals surface area (Å²) >= 11 is 9.73. The highest BCUT2D eigenvalue weighted by Crippen LogP contribution is 2.27. The normalized spacial score (nSPS) is 19.0. The Bertz CT molecular complexity index is 612. The average molecular weight is 406 g/mol. The molecule has 120 valence electrons. The lowest BCUT2D eigenvalue weighted by Gasteiger charge is -2.36. The minimum Gasteiger partial charge on any atom is -0.314 e. The van der Waals surface area contributed by atoms with Gasteiger partial charge >= 0.3 is 0 Å². The fraction of sp³-hybridized carbons (Fsp3) is 0.400. The van der Waals surface area contributed by atoms with E-state index in [-0.39, 0.29) is 12.4 Å². The van der Waals surface area contributed by atoms with Crippen LogP contribution in [0.4, 0.5) is 0 Å². The Morgan fingerprint density at radius 3 is 2.95 bits per heavy atom. The van der Waals surface area contributed by atoms with Crippen molar-refractivity contribution in [2.45, 2.75) is 12.6 Å². The van der Waals surface area contributed by atoms with Crippen molar-refractivity contribution in [2.75, 3.05) is 19.6 Å². The maximum Gasteiger partial charge on any atom is 0.0663 e. The smallest absolute Gasteiger partial charge is 0.0663 e. The van der Waals surface area contributed by atoms with Gasteiger partial charge in [0, 0.05) is 44.3 Å². The number of hydrogen-bond acceptors (Lipinski definition) is 3. The number of nitrogens with zero attached hydrogens (tertiary/aromatic N) is 3. The van der Waals surface area contributed by atoms with Gasteiger partial charge in [-0.2, -0.15) is 5.10 Å². The van der Waals surface area contributed by atoms with Crippen LogP contribution in [0.15, 0.2) is 34.9 Å². The molecule has 4 nitrogen and oxygen atoms in total. The van der Waals surface area contributed by atoms with Gasteiger partial charge in [0.1, 0.15) is 0 Å². The van der Waals surface area contributed by atoms with Crippen molar-refractivity contribution < 1.29 is 0 Å². The van der Waals surface area contributed by atoms with E-state index >= 15 is 0 Å². The molecule has 0 saturated carbocycles. The van der Waals surface area contributed by atoms with Gasteiger partial charge in [-0.25, -0.2) is 0 Å². The molecule has 1 atom stereocenters. The number of benzene rings is 1. The zero-order valence-corrected chi connectivity index (χ0v) is 15.5. The zero-order chi connectivity index (χ0) is 14.8. The fourth-order valence-electron chi connectivity index (χ4n) is 2.78. The number of hydrogen-bond donors (Lipinski definition) is 1. The van der Waals surface area contributed by atoms with Gasteiger partial charge in [-0.3, -0.25) is 9.58 Å². The minimum absolute atomic E-state index is 0. The van der Waals surface area contributed by atoms with Crippen LogP contribution < -0.4 is 5.32 Å². The monoisotopic (exact) mass is 404 g/mol. The van der Waals surface area contributed by atoms with E-state index < -0.39 is 0 Å². The van der Waals surface area contributed by atoms with E-state index in [1.54, 1.807) is 0 Å². The first-order chi connectivity index (χ1) is 10.1. The van der Waals surface area contributed by atoms with Crippen LogP contribution in [0.5, 0.6) is 0 Å². The first-order valence-corrected chi connectivity index (χ1v) is 8.19. The van der Waals surface area contributed by atoms with Crippen molar-refractivity contribution in [1.82, 2.24) is 20.0 Å². The van der Waals surface area contributed by atoms with Crippen LogP contribution in [0.2, 0.25) is 5.02 Å². The molecule has 1 unspecified atom stereocenters. The molecule has 3 rings (SSSR count). The number of piperazine rings is 1. The van der Waals surface area contributed by atoms with Crippen LogP contribution in [0.3, 0.4) is 0 Å². The van der Waals surface area contributed by atoms with Crippen LogP contribution in [-0.2, 0) is 13.6 Å². The molecule has 1 saturated heterocycles. The van der Waals surface area contributed by atoms with Gasteiger partial charge in [0.15, 0.2) is 0 Å². The van der Waals surface area contributed by atoms with Crippen LogP contribution in [0.25, 0.3) is 0 Å². The molecule has 0 bridgehead atoms. The van der Waals surface area contributed by atoms with Gasteiger partial charge in [-0.05, 0) is 33.6 Å².